The van der Waals surface area contributed by atoms with Crippen molar-refractivity contribution < 1.29 is 13.2 Å². The van der Waals surface area contributed by atoms with Gasteiger partial charge in [0, 0.05) is 18.4 Å². The smallest absolute Gasteiger partial charge is 0.223 e. The molecule has 1 fully saturated rings. The Bertz CT molecular complexity index is 903. The van der Waals surface area contributed by atoms with Gasteiger partial charge in [0.1, 0.15) is 10.1 Å². The van der Waals surface area contributed by atoms with Gasteiger partial charge in [0.15, 0.2) is 9.84 Å². The van der Waals surface area contributed by atoms with Crippen molar-refractivity contribution in [3.05, 3.63) is 40.6 Å². The largest absolute Gasteiger partial charge is 0.374 e. The molecule has 1 unspecified atom stereocenters. The van der Waals surface area contributed by atoms with Crippen LogP contribution in [0.25, 0.3) is 0 Å². The molecule has 0 aromatic heterocycles. The molecule has 0 saturated heterocycles. The highest BCUT2D eigenvalue weighted by Gasteiger charge is 2.49. The number of nitrogens with zero attached hydrogens (tertiary/aromatic N) is 1. The van der Waals surface area contributed by atoms with Crippen LogP contribution in [0, 0.1) is 11.8 Å². The number of primary amides is 1. The lowest BCUT2D eigenvalue weighted by atomic mass is 9.70. The van der Waals surface area contributed by atoms with Crippen LogP contribution in [-0.2, 0) is 20.2 Å². The number of aliphatic imine (C=N–C) groups is 1. The second-order valence-electron chi connectivity index (χ2n) is 7.32. The molecule has 1 aromatic rings. The Morgan fingerprint density at radius 3 is 2.41 bits per heavy atom. The zero-order valence-corrected chi connectivity index (χ0v) is 17.8. The molecular weight excluding hydrogens is 430 g/mol. The fourth-order valence-corrected chi connectivity index (χ4v) is 5.04. The zero-order valence-electron chi connectivity index (χ0n) is 15.4. The highest BCUT2D eigenvalue weighted by molar-refractivity contribution is 9.11. The van der Waals surface area contributed by atoms with Crippen LogP contribution in [0.1, 0.15) is 38.2 Å². The Balaban J connectivity index is 2.18. The van der Waals surface area contributed by atoms with E-state index in [1.54, 1.807) is 37.4 Å². The molecule has 1 aromatic carbocycles. The van der Waals surface area contributed by atoms with E-state index in [0.717, 1.165) is 37.0 Å². The van der Waals surface area contributed by atoms with Gasteiger partial charge in [0.05, 0.1) is 16.5 Å². The molecule has 1 amide bonds. The number of benzene rings is 1. The first-order valence-electron chi connectivity index (χ1n) is 8.98. The van der Waals surface area contributed by atoms with Crippen molar-refractivity contribution in [1.29, 1.82) is 0 Å². The molecule has 2 atom stereocenters. The number of amides is 1. The van der Waals surface area contributed by atoms with Crippen LogP contribution < -0.4 is 11.1 Å². The molecule has 2 aliphatic rings. The topological polar surface area (TPSA) is 102 Å². The predicted octanol–water partition coefficient (Wildman–Crippen LogP) is 2.84. The highest BCUT2D eigenvalue weighted by atomic mass is 79.9. The van der Waals surface area contributed by atoms with Gasteiger partial charge < -0.3 is 11.1 Å². The number of nitrogens with one attached hydrogen (secondary N) is 1. The summed E-state index contributed by atoms with van der Waals surface area (Å²) >= 11 is 3.44. The summed E-state index contributed by atoms with van der Waals surface area (Å²) in [6, 6.07) is 6.64. The van der Waals surface area contributed by atoms with E-state index < -0.39 is 27.2 Å². The van der Waals surface area contributed by atoms with Gasteiger partial charge in [-0.1, -0.05) is 31.9 Å². The lowest BCUT2D eigenvalue weighted by Crippen LogP contribution is -2.58. The fraction of sp³-hybridized carbons (Fsp3) is 0.474. The molecule has 3 N–H and O–H groups in total. The van der Waals surface area contributed by atoms with Crippen molar-refractivity contribution in [3.8, 4) is 0 Å². The molecule has 27 heavy (non-hydrogen) atoms. The molecule has 3 rings (SSSR count). The number of hydrogen-bond donors (Lipinski definition) is 2. The summed E-state index contributed by atoms with van der Waals surface area (Å²) in [4.78, 5) is 17.3. The van der Waals surface area contributed by atoms with Crippen LogP contribution in [0.2, 0.25) is 0 Å². The molecule has 146 valence electrons. The van der Waals surface area contributed by atoms with Crippen LogP contribution in [0.3, 0.4) is 0 Å². The van der Waals surface area contributed by atoms with Crippen LogP contribution in [-0.4, -0.2) is 26.3 Å². The van der Waals surface area contributed by atoms with Gasteiger partial charge >= 0.3 is 0 Å². The lowest BCUT2D eigenvalue weighted by Gasteiger charge is -2.43. The average molecular weight is 454 g/mol. The van der Waals surface area contributed by atoms with Crippen LogP contribution in [0.15, 0.2) is 45.0 Å². The van der Waals surface area contributed by atoms with E-state index in [2.05, 4.69) is 21.2 Å². The molecule has 1 saturated carbocycles. The summed E-state index contributed by atoms with van der Waals surface area (Å²) < 4.78 is 24.3. The average Bonchev–Trinajstić information content (AvgIpc) is 3.15. The first kappa shape index (κ1) is 20.1. The van der Waals surface area contributed by atoms with Crippen molar-refractivity contribution in [2.24, 2.45) is 22.6 Å². The van der Waals surface area contributed by atoms with E-state index >= 15 is 0 Å². The zero-order chi connectivity index (χ0) is 19.8. The Hall–Kier alpha value is -1.67. The predicted molar refractivity (Wildman–Crippen MR) is 109 cm³/mol. The monoisotopic (exact) mass is 453 g/mol. The van der Waals surface area contributed by atoms with Crippen LogP contribution >= 0.6 is 15.9 Å². The number of sulfone groups is 1. The molecule has 0 bridgehead atoms. The number of rotatable bonds is 5. The van der Waals surface area contributed by atoms with Crippen molar-refractivity contribution in [2.45, 2.75) is 43.0 Å². The van der Waals surface area contributed by atoms with Crippen molar-refractivity contribution in [3.63, 3.8) is 0 Å². The number of halogens is 1. The number of hydrogen-bond acceptors (Lipinski definition) is 5. The Morgan fingerprint density at radius 1 is 1.30 bits per heavy atom. The molecule has 0 spiro atoms. The second kappa shape index (κ2) is 7.39. The van der Waals surface area contributed by atoms with E-state index in [1.165, 1.54) is 6.26 Å². The molecule has 0 radical (unpaired) electrons. The minimum absolute atomic E-state index is 0.236. The standard InChI is InChI=1S/C19H24BrN3O3S/c1-12(18(21)24)19(14-7-9-15(10-8-14)27(2,25)26)17(13-5-3-4-6-13)23-16(20)11-22-19/h7-13,22H,3-6H2,1-2H3,(H2,21,24)/t12-,19?/m0/s1. The molecular formula is C19H24BrN3O3S. The normalized spacial score (nSPS) is 24.7. The van der Waals surface area contributed by atoms with Gasteiger partial charge in [0.25, 0.3) is 0 Å². The van der Waals surface area contributed by atoms with Gasteiger partial charge in [-0.25, -0.2) is 13.4 Å². The summed E-state index contributed by atoms with van der Waals surface area (Å²) in [5.41, 5.74) is 6.49. The Kier molecular flexibility index (Phi) is 5.49. The van der Waals surface area contributed by atoms with Gasteiger partial charge in [-0.05, 0) is 46.5 Å². The molecule has 8 heteroatoms. The fourth-order valence-electron chi connectivity index (χ4n) is 4.10. The van der Waals surface area contributed by atoms with Crippen molar-refractivity contribution in [2.75, 3.05) is 6.26 Å². The maximum absolute atomic E-state index is 12.2. The van der Waals surface area contributed by atoms with E-state index in [1.807, 2.05) is 0 Å². The molecule has 6 nitrogen and oxygen atoms in total. The van der Waals surface area contributed by atoms with E-state index in [-0.39, 0.29) is 10.8 Å². The van der Waals surface area contributed by atoms with Crippen molar-refractivity contribution >= 4 is 37.4 Å². The number of nitrogens with two attached hydrogens (primary N) is 1. The van der Waals surface area contributed by atoms with Gasteiger partial charge in [-0.3, -0.25) is 4.79 Å². The van der Waals surface area contributed by atoms with Gasteiger partial charge in [0.2, 0.25) is 5.91 Å². The third-order valence-corrected chi connectivity index (χ3v) is 7.14. The minimum atomic E-state index is -3.31. The second-order valence-corrected chi connectivity index (χ2v) is 10.1. The number of carbonyl (C=O) groups excluding carboxylic acids is 1. The first-order valence-corrected chi connectivity index (χ1v) is 11.7. The van der Waals surface area contributed by atoms with E-state index in [4.69, 9.17) is 10.7 Å². The maximum atomic E-state index is 12.2. The first-order chi connectivity index (χ1) is 12.7. The minimum Gasteiger partial charge on any atom is -0.374 e. The summed E-state index contributed by atoms with van der Waals surface area (Å²) in [5, 5.41) is 3.37. The lowest BCUT2D eigenvalue weighted by molar-refractivity contribution is -0.122. The van der Waals surface area contributed by atoms with Gasteiger partial charge in [-0.15, -0.1) is 0 Å². The molecule has 1 heterocycles. The third kappa shape index (κ3) is 3.69. The van der Waals surface area contributed by atoms with Crippen LogP contribution in [0.5, 0.6) is 0 Å². The molecule has 1 aliphatic heterocycles. The van der Waals surface area contributed by atoms with E-state index in [0.29, 0.717) is 4.61 Å². The maximum Gasteiger partial charge on any atom is 0.223 e. The summed E-state index contributed by atoms with van der Waals surface area (Å²) in [6.07, 6.45) is 7.17. The quantitative estimate of drug-likeness (QED) is 0.668. The summed E-state index contributed by atoms with van der Waals surface area (Å²) in [6.45, 7) is 1.79. The van der Waals surface area contributed by atoms with E-state index in [9.17, 15) is 13.2 Å². The number of carbonyl (C=O) groups is 1. The van der Waals surface area contributed by atoms with Crippen LogP contribution in [0.4, 0.5) is 0 Å². The molecule has 1 aliphatic carbocycles. The summed E-state index contributed by atoms with van der Waals surface area (Å²) in [7, 11) is -3.31. The van der Waals surface area contributed by atoms with Crippen molar-refractivity contribution in [1.82, 2.24) is 5.32 Å². The highest BCUT2D eigenvalue weighted by Crippen LogP contribution is 2.42. The van der Waals surface area contributed by atoms with Gasteiger partial charge in [-0.2, -0.15) is 0 Å². The Labute approximate surface area is 168 Å². The summed E-state index contributed by atoms with van der Waals surface area (Å²) in [5.74, 6) is -0.764. The Morgan fingerprint density at radius 2 is 1.89 bits per heavy atom. The SMILES string of the molecule is C[C@@H](C(N)=O)C1(c2ccc(S(C)(=O)=O)cc2)NC=C(Br)N=C1C1CCCC1. The third-order valence-electron chi connectivity index (χ3n) is 5.61.